The number of carbonyl (C=O) groups excluding carboxylic acids is 1. The molecule has 1 N–H and O–H groups in total. The number of amides is 1. The van der Waals surface area contributed by atoms with Crippen LogP contribution in [0.15, 0.2) is 48.5 Å². The Hall–Kier alpha value is -2.54. The van der Waals surface area contributed by atoms with Gasteiger partial charge in [0, 0.05) is 13.0 Å². The Morgan fingerprint density at radius 1 is 1.11 bits per heavy atom. The van der Waals surface area contributed by atoms with Gasteiger partial charge < -0.3 is 10.1 Å². The van der Waals surface area contributed by atoms with Gasteiger partial charge >= 0.3 is 0 Å². The topological polar surface area (TPSA) is 75.7 Å². The highest BCUT2D eigenvalue weighted by Crippen LogP contribution is 2.20. The smallest absolute Gasteiger partial charge is 0.232 e. The number of hydrogen-bond donors (Lipinski definition) is 1. The fraction of sp³-hybridized carbons (Fsp3) is 0.381. The lowest BCUT2D eigenvalue weighted by Crippen LogP contribution is -2.32. The van der Waals surface area contributed by atoms with E-state index in [0.717, 1.165) is 16.9 Å². The molecule has 2 aromatic carbocycles. The second-order valence-corrected chi connectivity index (χ2v) is 8.74. The van der Waals surface area contributed by atoms with Crippen LogP contribution in [0, 0.1) is 6.92 Å². The van der Waals surface area contributed by atoms with Crippen LogP contribution in [0.4, 0.5) is 5.69 Å². The first-order valence-electron chi connectivity index (χ1n) is 9.18. The van der Waals surface area contributed by atoms with E-state index in [9.17, 15) is 13.2 Å². The summed E-state index contributed by atoms with van der Waals surface area (Å²) in [6.07, 6.45) is 1.86. The van der Waals surface area contributed by atoms with Crippen molar-refractivity contribution in [2.75, 3.05) is 24.2 Å². The molecule has 2 aromatic rings. The molecule has 0 heterocycles. The number of methoxy groups -OCH3 is 1. The molecule has 0 unspecified atom stereocenters. The summed E-state index contributed by atoms with van der Waals surface area (Å²) in [5, 5.41) is 2.95. The van der Waals surface area contributed by atoms with E-state index < -0.39 is 10.0 Å². The second-order valence-electron chi connectivity index (χ2n) is 6.84. The predicted octanol–water partition coefficient (Wildman–Crippen LogP) is 3.43. The summed E-state index contributed by atoms with van der Waals surface area (Å²) in [6, 6.07) is 14.7. The molecule has 0 bridgehead atoms. The molecule has 0 fully saturated rings. The van der Waals surface area contributed by atoms with Crippen molar-refractivity contribution < 1.29 is 17.9 Å². The third-order valence-corrected chi connectivity index (χ3v) is 5.67. The maximum atomic E-state index is 12.3. The molecule has 152 valence electrons. The fourth-order valence-electron chi connectivity index (χ4n) is 2.87. The number of rotatable bonds is 9. The van der Waals surface area contributed by atoms with Crippen molar-refractivity contribution in [3.05, 3.63) is 59.7 Å². The summed E-state index contributed by atoms with van der Waals surface area (Å²) in [4.78, 5) is 12.3. The van der Waals surface area contributed by atoms with Gasteiger partial charge in [-0.2, -0.15) is 0 Å². The average molecular weight is 405 g/mol. The van der Waals surface area contributed by atoms with E-state index in [1.807, 2.05) is 50.2 Å². The van der Waals surface area contributed by atoms with Crippen LogP contribution in [-0.4, -0.2) is 34.2 Å². The minimum Gasteiger partial charge on any atom is -0.497 e. The van der Waals surface area contributed by atoms with Gasteiger partial charge in [0.25, 0.3) is 0 Å². The van der Waals surface area contributed by atoms with Gasteiger partial charge in [0.05, 0.1) is 25.1 Å². The van der Waals surface area contributed by atoms with Crippen molar-refractivity contribution in [3.8, 4) is 5.75 Å². The molecule has 0 aliphatic heterocycles. The van der Waals surface area contributed by atoms with Crippen LogP contribution in [0.1, 0.15) is 36.9 Å². The quantitative estimate of drug-likeness (QED) is 0.695. The van der Waals surface area contributed by atoms with Gasteiger partial charge in [-0.3, -0.25) is 9.10 Å². The van der Waals surface area contributed by atoms with Crippen LogP contribution in [-0.2, 0) is 14.8 Å². The minimum atomic E-state index is -3.41. The van der Waals surface area contributed by atoms with Crippen LogP contribution >= 0.6 is 0 Å². The molecular formula is C21H28N2O4S. The fourth-order valence-corrected chi connectivity index (χ4v) is 3.84. The van der Waals surface area contributed by atoms with Crippen LogP contribution in [0.5, 0.6) is 5.75 Å². The summed E-state index contributed by atoms with van der Waals surface area (Å²) < 4.78 is 30.7. The Bertz CT molecular complexity index is 878. The lowest BCUT2D eigenvalue weighted by molar-refractivity contribution is -0.121. The first kappa shape index (κ1) is 21.8. The van der Waals surface area contributed by atoms with Crippen molar-refractivity contribution in [1.82, 2.24) is 5.32 Å². The lowest BCUT2D eigenvalue weighted by atomic mass is 10.1. The SMILES string of the molecule is COc1ccc([C@@H](C)NC(=O)CCCN(c2ccc(C)cc2)S(C)(=O)=O)cc1. The summed E-state index contributed by atoms with van der Waals surface area (Å²) in [6.45, 7) is 4.12. The second kappa shape index (κ2) is 9.59. The highest BCUT2D eigenvalue weighted by atomic mass is 32.2. The molecule has 7 heteroatoms. The number of anilines is 1. The number of ether oxygens (including phenoxy) is 1. The van der Waals surface area contributed by atoms with Gasteiger partial charge in [0.15, 0.2) is 0 Å². The standard InChI is InChI=1S/C21H28N2O4S/c1-16-7-11-19(12-8-16)23(28(4,25)26)15-5-6-21(24)22-17(2)18-9-13-20(27-3)14-10-18/h7-14,17H,5-6,15H2,1-4H3,(H,22,24)/t17-/m1/s1. The molecule has 0 aliphatic rings. The number of aryl methyl sites for hydroxylation is 1. The van der Waals surface area contributed by atoms with Crippen LogP contribution in [0.2, 0.25) is 0 Å². The molecule has 1 amide bonds. The van der Waals surface area contributed by atoms with Gasteiger partial charge in [-0.1, -0.05) is 29.8 Å². The Morgan fingerprint density at radius 2 is 1.71 bits per heavy atom. The van der Waals surface area contributed by atoms with E-state index in [1.54, 1.807) is 19.2 Å². The molecule has 0 aliphatic carbocycles. The third-order valence-electron chi connectivity index (χ3n) is 4.48. The van der Waals surface area contributed by atoms with Crippen molar-refractivity contribution in [2.45, 2.75) is 32.7 Å². The first-order valence-corrected chi connectivity index (χ1v) is 11.0. The highest BCUT2D eigenvalue weighted by Gasteiger charge is 2.18. The molecule has 1 atom stereocenters. The number of benzene rings is 2. The largest absolute Gasteiger partial charge is 0.497 e. The Morgan fingerprint density at radius 3 is 2.25 bits per heavy atom. The molecule has 28 heavy (non-hydrogen) atoms. The zero-order valence-corrected chi connectivity index (χ0v) is 17.6. The maximum Gasteiger partial charge on any atom is 0.232 e. The monoisotopic (exact) mass is 404 g/mol. The molecule has 2 rings (SSSR count). The van der Waals surface area contributed by atoms with Crippen molar-refractivity contribution >= 4 is 21.6 Å². The van der Waals surface area contributed by atoms with Crippen molar-refractivity contribution in [1.29, 1.82) is 0 Å². The van der Waals surface area contributed by atoms with Gasteiger partial charge in [-0.25, -0.2) is 8.42 Å². The Balaban J connectivity index is 1.90. The number of sulfonamides is 1. The predicted molar refractivity (Wildman–Crippen MR) is 112 cm³/mol. The van der Waals surface area contributed by atoms with E-state index in [0.29, 0.717) is 12.1 Å². The van der Waals surface area contributed by atoms with E-state index in [2.05, 4.69) is 5.32 Å². The van der Waals surface area contributed by atoms with Crippen LogP contribution in [0.25, 0.3) is 0 Å². The van der Waals surface area contributed by atoms with Crippen LogP contribution in [0.3, 0.4) is 0 Å². The molecule has 6 nitrogen and oxygen atoms in total. The zero-order valence-electron chi connectivity index (χ0n) is 16.8. The van der Waals surface area contributed by atoms with Gasteiger partial charge in [0.2, 0.25) is 15.9 Å². The number of hydrogen-bond acceptors (Lipinski definition) is 4. The third kappa shape index (κ3) is 6.27. The number of nitrogens with zero attached hydrogens (tertiary/aromatic N) is 1. The molecule has 0 spiro atoms. The zero-order chi connectivity index (χ0) is 20.7. The van der Waals surface area contributed by atoms with E-state index in [4.69, 9.17) is 4.74 Å². The van der Waals surface area contributed by atoms with Gasteiger partial charge in [0.1, 0.15) is 5.75 Å². The maximum absolute atomic E-state index is 12.3. The summed E-state index contributed by atoms with van der Waals surface area (Å²) in [5.74, 6) is 0.653. The Kier molecular flexibility index (Phi) is 7.45. The average Bonchev–Trinajstić information content (AvgIpc) is 2.65. The van der Waals surface area contributed by atoms with Gasteiger partial charge in [-0.05, 0) is 50.1 Å². The van der Waals surface area contributed by atoms with E-state index >= 15 is 0 Å². The normalized spacial score (nSPS) is 12.3. The Labute approximate surface area is 167 Å². The summed E-state index contributed by atoms with van der Waals surface area (Å²) in [5.41, 5.74) is 2.65. The number of nitrogens with one attached hydrogen (secondary N) is 1. The van der Waals surface area contributed by atoms with Crippen LogP contribution < -0.4 is 14.4 Å². The first-order chi connectivity index (χ1) is 13.2. The van der Waals surface area contributed by atoms with Crippen molar-refractivity contribution in [2.24, 2.45) is 0 Å². The molecular weight excluding hydrogens is 376 g/mol. The summed E-state index contributed by atoms with van der Waals surface area (Å²) in [7, 11) is -1.80. The molecule has 0 saturated heterocycles. The molecule has 0 aromatic heterocycles. The van der Waals surface area contributed by atoms with Crippen molar-refractivity contribution in [3.63, 3.8) is 0 Å². The van der Waals surface area contributed by atoms with Gasteiger partial charge in [-0.15, -0.1) is 0 Å². The lowest BCUT2D eigenvalue weighted by Gasteiger charge is -2.22. The van der Waals surface area contributed by atoms with E-state index in [-0.39, 0.29) is 24.9 Å². The minimum absolute atomic E-state index is 0.110. The number of carbonyl (C=O) groups is 1. The highest BCUT2D eigenvalue weighted by molar-refractivity contribution is 7.92. The summed E-state index contributed by atoms with van der Waals surface area (Å²) >= 11 is 0. The molecule has 0 saturated carbocycles. The molecule has 0 radical (unpaired) electrons. The van der Waals surface area contributed by atoms with E-state index in [1.165, 1.54) is 10.6 Å².